The molecule has 0 aliphatic rings. The molecule has 0 aliphatic heterocycles. The van der Waals surface area contributed by atoms with Gasteiger partial charge in [0.05, 0.1) is 0 Å². The summed E-state index contributed by atoms with van der Waals surface area (Å²) >= 11 is 0. The van der Waals surface area contributed by atoms with E-state index in [2.05, 4.69) is 5.32 Å². The second kappa shape index (κ2) is 4.81. The zero-order valence-corrected chi connectivity index (χ0v) is 10.0. The van der Waals surface area contributed by atoms with Gasteiger partial charge >= 0.3 is 5.69 Å². The molecule has 1 aromatic carbocycles. The lowest BCUT2D eigenvalue weighted by Gasteiger charge is -2.07. The number of carbonyl (C=O) groups is 1. The van der Waals surface area contributed by atoms with E-state index in [4.69, 9.17) is 0 Å². The van der Waals surface area contributed by atoms with Gasteiger partial charge in [0.2, 0.25) is 5.88 Å². The fourth-order valence-electron chi connectivity index (χ4n) is 1.53. The fourth-order valence-corrected chi connectivity index (χ4v) is 1.53. The third-order valence-electron chi connectivity index (χ3n) is 2.55. The molecule has 2 aromatic rings. The fraction of sp³-hybridized carbons (Fsp3) is 0.0833. The summed E-state index contributed by atoms with van der Waals surface area (Å²) in [5.41, 5.74) is -1.76. The number of anilines is 1. The second-order valence-electron chi connectivity index (χ2n) is 3.84. The van der Waals surface area contributed by atoms with Gasteiger partial charge in [0.25, 0.3) is 11.5 Å². The molecule has 2 rings (SSSR count). The van der Waals surface area contributed by atoms with E-state index < -0.39 is 28.6 Å². The first-order valence-electron chi connectivity index (χ1n) is 5.39. The van der Waals surface area contributed by atoms with Crippen LogP contribution in [0.15, 0.2) is 39.9 Å². The lowest BCUT2D eigenvalue weighted by Crippen LogP contribution is -2.34. The zero-order valence-electron chi connectivity index (χ0n) is 10.0. The largest absolute Gasteiger partial charge is 0.494 e. The van der Waals surface area contributed by atoms with Crippen LogP contribution in [0.3, 0.4) is 0 Å². The monoisotopic (exact) mass is 261 g/mol. The molecule has 0 fully saturated rings. The highest BCUT2D eigenvalue weighted by Gasteiger charge is 2.19. The van der Waals surface area contributed by atoms with Crippen LogP contribution in [0.5, 0.6) is 5.88 Å². The van der Waals surface area contributed by atoms with Crippen LogP contribution in [0.1, 0.15) is 10.4 Å². The summed E-state index contributed by atoms with van der Waals surface area (Å²) in [7, 11) is 1.24. The number of aromatic nitrogens is 2. The second-order valence-corrected chi connectivity index (χ2v) is 3.84. The van der Waals surface area contributed by atoms with Crippen molar-refractivity contribution in [3.63, 3.8) is 0 Å². The molecule has 1 aromatic heterocycles. The van der Waals surface area contributed by atoms with Crippen LogP contribution < -0.4 is 16.6 Å². The van der Waals surface area contributed by atoms with Crippen molar-refractivity contribution in [1.82, 2.24) is 9.55 Å². The standard InChI is InChI=1S/C12H11N3O4/c1-15-11(18)8(10(17)14-12(15)19)9(16)13-7-5-3-2-4-6-7/h2-6,18H,1H3,(H,13,16)(H,14,17,19). The van der Waals surface area contributed by atoms with Crippen molar-refractivity contribution in [1.29, 1.82) is 0 Å². The lowest BCUT2D eigenvalue weighted by molar-refractivity contribution is 0.102. The van der Waals surface area contributed by atoms with Crippen molar-refractivity contribution in [2.24, 2.45) is 7.05 Å². The van der Waals surface area contributed by atoms with Crippen LogP contribution in [0.4, 0.5) is 5.69 Å². The molecule has 0 unspecified atom stereocenters. The number of benzene rings is 1. The number of hydrogen-bond acceptors (Lipinski definition) is 4. The van der Waals surface area contributed by atoms with Gasteiger partial charge < -0.3 is 10.4 Å². The average Bonchev–Trinajstić information content (AvgIpc) is 2.37. The quantitative estimate of drug-likeness (QED) is 0.709. The Balaban J connectivity index is 2.43. The summed E-state index contributed by atoms with van der Waals surface area (Å²) in [6.45, 7) is 0. The molecule has 19 heavy (non-hydrogen) atoms. The predicted molar refractivity (Wildman–Crippen MR) is 68.4 cm³/mol. The molecule has 3 N–H and O–H groups in total. The number of aromatic amines is 1. The maximum atomic E-state index is 11.9. The number of amides is 1. The van der Waals surface area contributed by atoms with E-state index in [1.165, 1.54) is 7.05 Å². The van der Waals surface area contributed by atoms with E-state index in [1.54, 1.807) is 30.3 Å². The number of carbonyl (C=O) groups excluding carboxylic acids is 1. The molecule has 0 atom stereocenters. The number of para-hydroxylation sites is 1. The Morgan fingerprint density at radius 2 is 1.89 bits per heavy atom. The third kappa shape index (κ3) is 2.39. The molecule has 0 spiro atoms. The number of nitrogens with one attached hydrogen (secondary N) is 2. The first kappa shape index (κ1) is 12.6. The molecule has 0 radical (unpaired) electrons. The Morgan fingerprint density at radius 3 is 2.53 bits per heavy atom. The van der Waals surface area contributed by atoms with Gasteiger partial charge in [-0.25, -0.2) is 4.79 Å². The van der Waals surface area contributed by atoms with Crippen molar-refractivity contribution in [3.05, 3.63) is 56.7 Å². The number of aromatic hydroxyl groups is 1. The van der Waals surface area contributed by atoms with E-state index in [0.29, 0.717) is 5.69 Å². The van der Waals surface area contributed by atoms with Gasteiger partial charge in [0.1, 0.15) is 0 Å². The summed E-state index contributed by atoms with van der Waals surface area (Å²) in [5, 5.41) is 12.1. The van der Waals surface area contributed by atoms with Crippen LogP contribution in [0, 0.1) is 0 Å². The van der Waals surface area contributed by atoms with E-state index in [1.807, 2.05) is 4.98 Å². The molecular formula is C12H11N3O4. The zero-order chi connectivity index (χ0) is 14.0. The van der Waals surface area contributed by atoms with Gasteiger partial charge in [-0.3, -0.25) is 19.1 Å². The first-order valence-corrected chi connectivity index (χ1v) is 5.39. The summed E-state index contributed by atoms with van der Waals surface area (Å²) in [4.78, 5) is 36.6. The van der Waals surface area contributed by atoms with Crippen LogP contribution in [0.2, 0.25) is 0 Å². The molecule has 1 amide bonds. The van der Waals surface area contributed by atoms with Crippen molar-refractivity contribution in [3.8, 4) is 5.88 Å². The normalized spacial score (nSPS) is 10.2. The van der Waals surface area contributed by atoms with Crippen LogP contribution in [0.25, 0.3) is 0 Å². The highest BCUT2D eigenvalue weighted by molar-refractivity contribution is 6.05. The van der Waals surface area contributed by atoms with Gasteiger partial charge in [0, 0.05) is 12.7 Å². The van der Waals surface area contributed by atoms with E-state index in [0.717, 1.165) is 4.57 Å². The van der Waals surface area contributed by atoms with Gasteiger partial charge in [-0.05, 0) is 12.1 Å². The molecule has 0 saturated heterocycles. The number of hydrogen-bond donors (Lipinski definition) is 3. The Hall–Kier alpha value is -2.83. The van der Waals surface area contributed by atoms with E-state index in [-0.39, 0.29) is 0 Å². The summed E-state index contributed by atoms with van der Waals surface area (Å²) < 4.78 is 0.779. The van der Waals surface area contributed by atoms with Gasteiger partial charge in [0.15, 0.2) is 5.56 Å². The summed E-state index contributed by atoms with van der Waals surface area (Å²) in [6, 6.07) is 8.45. The molecule has 98 valence electrons. The molecule has 0 bridgehead atoms. The Bertz CT molecular complexity index is 731. The maximum Gasteiger partial charge on any atom is 0.330 e. The Labute approximate surface area is 107 Å². The van der Waals surface area contributed by atoms with Gasteiger partial charge in [-0.1, -0.05) is 18.2 Å². The molecular weight excluding hydrogens is 250 g/mol. The Kier molecular flexibility index (Phi) is 3.19. The SMILES string of the molecule is Cn1c(O)c(C(=O)Nc2ccccc2)c(=O)[nH]c1=O. The average molecular weight is 261 g/mol. The third-order valence-corrected chi connectivity index (χ3v) is 2.55. The van der Waals surface area contributed by atoms with E-state index in [9.17, 15) is 19.5 Å². The highest BCUT2D eigenvalue weighted by atomic mass is 16.3. The molecule has 0 saturated carbocycles. The van der Waals surface area contributed by atoms with Gasteiger partial charge in [-0.15, -0.1) is 0 Å². The molecule has 1 heterocycles. The Morgan fingerprint density at radius 1 is 1.26 bits per heavy atom. The topological polar surface area (TPSA) is 104 Å². The van der Waals surface area contributed by atoms with Crippen LogP contribution in [-0.4, -0.2) is 20.6 Å². The van der Waals surface area contributed by atoms with Crippen LogP contribution >= 0.6 is 0 Å². The number of H-pyrrole nitrogens is 1. The highest BCUT2D eigenvalue weighted by Crippen LogP contribution is 2.12. The van der Waals surface area contributed by atoms with Gasteiger partial charge in [-0.2, -0.15) is 0 Å². The minimum absolute atomic E-state index is 0.472. The van der Waals surface area contributed by atoms with Crippen molar-refractivity contribution in [2.75, 3.05) is 5.32 Å². The first-order chi connectivity index (χ1) is 9.00. The lowest BCUT2D eigenvalue weighted by atomic mass is 10.2. The van der Waals surface area contributed by atoms with E-state index >= 15 is 0 Å². The summed E-state index contributed by atoms with van der Waals surface area (Å²) in [6.07, 6.45) is 0. The number of nitrogens with zero attached hydrogens (tertiary/aromatic N) is 1. The smallest absolute Gasteiger partial charge is 0.330 e. The van der Waals surface area contributed by atoms with Crippen molar-refractivity contribution >= 4 is 11.6 Å². The molecule has 7 nitrogen and oxygen atoms in total. The predicted octanol–water partition coefficient (Wildman–Crippen LogP) is 0.0315. The van der Waals surface area contributed by atoms with Crippen molar-refractivity contribution < 1.29 is 9.90 Å². The maximum absolute atomic E-state index is 11.9. The molecule has 7 heteroatoms. The van der Waals surface area contributed by atoms with Crippen LogP contribution in [-0.2, 0) is 7.05 Å². The number of rotatable bonds is 2. The van der Waals surface area contributed by atoms with Crippen molar-refractivity contribution in [2.45, 2.75) is 0 Å². The minimum atomic E-state index is -0.936. The summed E-state index contributed by atoms with van der Waals surface area (Å²) in [5.74, 6) is -1.47. The minimum Gasteiger partial charge on any atom is -0.494 e. The molecule has 0 aliphatic carbocycles.